The first-order valence-electron chi connectivity index (χ1n) is 9.13. The van der Waals surface area contributed by atoms with Crippen molar-refractivity contribution >= 4 is 40.7 Å². The van der Waals surface area contributed by atoms with Gasteiger partial charge >= 0.3 is 0 Å². The molecule has 1 atom stereocenters. The summed E-state index contributed by atoms with van der Waals surface area (Å²) in [5.74, 6) is 0.736. The van der Waals surface area contributed by atoms with E-state index in [-0.39, 0.29) is 18.4 Å². The van der Waals surface area contributed by atoms with Gasteiger partial charge in [-0.05, 0) is 32.2 Å². The van der Waals surface area contributed by atoms with Crippen LogP contribution in [-0.2, 0) is 16.1 Å². The number of primary amides is 1. The fourth-order valence-electron chi connectivity index (χ4n) is 2.65. The molecule has 154 valence electrons. The Kier molecular flexibility index (Phi) is 6.70. The van der Waals surface area contributed by atoms with Crippen LogP contribution >= 0.6 is 23.1 Å². The second-order valence-electron chi connectivity index (χ2n) is 6.66. The van der Waals surface area contributed by atoms with E-state index < -0.39 is 11.2 Å². The Bertz CT molecular complexity index is 978. The first kappa shape index (κ1) is 21.1. The summed E-state index contributed by atoms with van der Waals surface area (Å²) in [6.07, 6.45) is 1.82. The van der Waals surface area contributed by atoms with Crippen LogP contribution in [0.4, 0.5) is 5.82 Å². The van der Waals surface area contributed by atoms with E-state index >= 15 is 0 Å². The molecule has 29 heavy (non-hydrogen) atoms. The summed E-state index contributed by atoms with van der Waals surface area (Å²) in [6, 6.07) is 5.76. The highest BCUT2D eigenvalue weighted by Gasteiger charge is 2.22. The summed E-state index contributed by atoms with van der Waals surface area (Å²) in [6.45, 7) is 6.14. The second kappa shape index (κ2) is 9.23. The summed E-state index contributed by atoms with van der Waals surface area (Å²) in [7, 11) is 0. The van der Waals surface area contributed by atoms with Crippen molar-refractivity contribution in [3.05, 3.63) is 29.8 Å². The number of rotatable bonds is 9. The summed E-state index contributed by atoms with van der Waals surface area (Å²) < 4.78 is 3.59. The molecule has 0 radical (unpaired) electrons. The number of anilines is 1. The van der Waals surface area contributed by atoms with Crippen molar-refractivity contribution in [3.63, 3.8) is 0 Å². The molecule has 11 heteroatoms. The SMILES string of the molecule is CC(C)n1nccc1NC(=O)[C@H](C)Sc1nnc(-c2cccs2)n1CCC(N)=O. The van der Waals surface area contributed by atoms with Gasteiger partial charge < -0.3 is 15.6 Å². The molecule has 0 fully saturated rings. The minimum Gasteiger partial charge on any atom is -0.370 e. The third kappa shape index (κ3) is 5.04. The number of amides is 2. The van der Waals surface area contributed by atoms with Crippen molar-refractivity contribution in [1.82, 2.24) is 24.5 Å². The number of nitrogens with two attached hydrogens (primary N) is 1. The fraction of sp³-hybridized carbons (Fsp3) is 0.389. The van der Waals surface area contributed by atoms with Crippen molar-refractivity contribution in [2.24, 2.45) is 5.73 Å². The molecule has 0 aliphatic carbocycles. The number of nitrogens with zero attached hydrogens (tertiary/aromatic N) is 5. The van der Waals surface area contributed by atoms with E-state index in [0.717, 1.165) is 4.88 Å². The van der Waals surface area contributed by atoms with Crippen LogP contribution in [0.25, 0.3) is 10.7 Å². The lowest BCUT2D eigenvalue weighted by Gasteiger charge is -2.15. The molecule has 3 aromatic heterocycles. The zero-order valence-corrected chi connectivity index (χ0v) is 18.0. The van der Waals surface area contributed by atoms with Crippen molar-refractivity contribution in [1.29, 1.82) is 0 Å². The van der Waals surface area contributed by atoms with Gasteiger partial charge in [-0.2, -0.15) is 5.10 Å². The molecular weight excluding hydrogens is 410 g/mol. The Morgan fingerprint density at radius 1 is 1.28 bits per heavy atom. The molecule has 0 aromatic carbocycles. The smallest absolute Gasteiger partial charge is 0.238 e. The molecule has 3 heterocycles. The Labute approximate surface area is 176 Å². The van der Waals surface area contributed by atoms with Gasteiger partial charge in [0, 0.05) is 25.1 Å². The number of nitrogens with one attached hydrogen (secondary N) is 1. The number of hydrogen-bond donors (Lipinski definition) is 2. The highest BCUT2D eigenvalue weighted by Crippen LogP contribution is 2.30. The minimum absolute atomic E-state index is 0.133. The van der Waals surface area contributed by atoms with Crippen molar-refractivity contribution in [3.8, 4) is 10.7 Å². The van der Waals surface area contributed by atoms with E-state index in [9.17, 15) is 9.59 Å². The standard InChI is InChI=1S/C18H23N7O2S2/c1-11(2)25-15(6-8-20-25)21-17(27)12(3)29-18-23-22-16(13-5-4-10-28-13)24(18)9-7-14(19)26/h4-6,8,10-12H,7,9H2,1-3H3,(H2,19,26)(H,21,27)/t12-/m0/s1. The number of thiophene rings is 1. The van der Waals surface area contributed by atoms with E-state index in [4.69, 9.17) is 5.73 Å². The molecule has 0 aliphatic rings. The lowest BCUT2D eigenvalue weighted by Crippen LogP contribution is -2.25. The summed E-state index contributed by atoms with van der Waals surface area (Å²) in [4.78, 5) is 24.9. The van der Waals surface area contributed by atoms with Gasteiger partial charge in [-0.25, -0.2) is 4.68 Å². The summed E-state index contributed by atoms with van der Waals surface area (Å²) in [5.41, 5.74) is 5.32. The molecule has 0 aliphatic heterocycles. The fourth-order valence-corrected chi connectivity index (χ4v) is 4.24. The van der Waals surface area contributed by atoms with Crippen molar-refractivity contribution in [2.45, 2.75) is 50.2 Å². The predicted molar refractivity (Wildman–Crippen MR) is 114 cm³/mol. The van der Waals surface area contributed by atoms with Gasteiger partial charge in [-0.15, -0.1) is 21.5 Å². The van der Waals surface area contributed by atoms with E-state index in [1.807, 2.05) is 35.9 Å². The maximum atomic E-state index is 12.7. The molecule has 9 nitrogen and oxygen atoms in total. The van der Waals surface area contributed by atoms with E-state index in [1.54, 1.807) is 23.9 Å². The number of thioether (sulfide) groups is 1. The van der Waals surface area contributed by atoms with Gasteiger partial charge in [0.2, 0.25) is 11.8 Å². The molecule has 0 unspecified atom stereocenters. The quantitative estimate of drug-likeness (QED) is 0.501. The Balaban J connectivity index is 1.76. The zero-order chi connectivity index (χ0) is 21.0. The van der Waals surface area contributed by atoms with Crippen LogP contribution in [0, 0.1) is 0 Å². The number of carbonyl (C=O) groups is 2. The van der Waals surface area contributed by atoms with E-state index in [1.165, 1.54) is 23.1 Å². The highest BCUT2D eigenvalue weighted by atomic mass is 32.2. The molecule has 3 rings (SSSR count). The Hall–Kier alpha value is -2.66. The highest BCUT2D eigenvalue weighted by molar-refractivity contribution is 8.00. The molecule has 0 saturated heterocycles. The van der Waals surface area contributed by atoms with Crippen LogP contribution in [0.15, 0.2) is 34.9 Å². The van der Waals surface area contributed by atoms with Crippen LogP contribution in [0.3, 0.4) is 0 Å². The second-order valence-corrected chi connectivity index (χ2v) is 8.91. The maximum Gasteiger partial charge on any atom is 0.238 e. The third-order valence-corrected chi connectivity index (χ3v) is 6.05. The van der Waals surface area contributed by atoms with Gasteiger partial charge in [0.25, 0.3) is 0 Å². The summed E-state index contributed by atoms with van der Waals surface area (Å²) >= 11 is 2.82. The topological polar surface area (TPSA) is 121 Å². The summed E-state index contributed by atoms with van der Waals surface area (Å²) in [5, 5.41) is 17.7. The Morgan fingerprint density at radius 3 is 2.72 bits per heavy atom. The molecule has 0 bridgehead atoms. The van der Waals surface area contributed by atoms with Crippen LogP contribution in [0.1, 0.15) is 33.2 Å². The average molecular weight is 434 g/mol. The molecule has 0 spiro atoms. The third-order valence-electron chi connectivity index (χ3n) is 4.10. The number of aromatic nitrogens is 5. The average Bonchev–Trinajstić information content (AvgIpc) is 3.40. The zero-order valence-electron chi connectivity index (χ0n) is 16.4. The molecule has 3 aromatic rings. The number of hydrogen-bond acceptors (Lipinski definition) is 7. The lowest BCUT2D eigenvalue weighted by atomic mass is 10.4. The van der Waals surface area contributed by atoms with Gasteiger partial charge in [-0.3, -0.25) is 9.59 Å². The molecular formula is C18H23N7O2S2. The first-order chi connectivity index (χ1) is 13.9. The van der Waals surface area contributed by atoms with Gasteiger partial charge in [0.1, 0.15) is 5.82 Å². The van der Waals surface area contributed by atoms with Gasteiger partial charge in [0.05, 0.1) is 16.3 Å². The first-order valence-corrected chi connectivity index (χ1v) is 10.9. The van der Waals surface area contributed by atoms with Crippen molar-refractivity contribution in [2.75, 3.05) is 5.32 Å². The van der Waals surface area contributed by atoms with Gasteiger partial charge in [-0.1, -0.05) is 17.8 Å². The number of carbonyl (C=O) groups excluding carboxylic acids is 2. The van der Waals surface area contributed by atoms with Gasteiger partial charge in [0.15, 0.2) is 11.0 Å². The van der Waals surface area contributed by atoms with Crippen LogP contribution < -0.4 is 11.1 Å². The maximum absolute atomic E-state index is 12.7. The largest absolute Gasteiger partial charge is 0.370 e. The normalized spacial score (nSPS) is 12.3. The van der Waals surface area contributed by atoms with Crippen LogP contribution in [-0.4, -0.2) is 41.6 Å². The minimum atomic E-state index is -0.432. The van der Waals surface area contributed by atoms with Crippen LogP contribution in [0.5, 0.6) is 0 Å². The van der Waals surface area contributed by atoms with E-state index in [2.05, 4.69) is 20.6 Å². The predicted octanol–water partition coefficient (Wildman–Crippen LogP) is 2.78. The molecule has 3 N–H and O–H groups in total. The Morgan fingerprint density at radius 2 is 2.07 bits per heavy atom. The van der Waals surface area contributed by atoms with E-state index in [0.29, 0.717) is 23.3 Å². The molecule has 2 amide bonds. The lowest BCUT2D eigenvalue weighted by molar-refractivity contribution is -0.118. The molecule has 0 saturated carbocycles. The van der Waals surface area contributed by atoms with Crippen molar-refractivity contribution < 1.29 is 9.59 Å². The van der Waals surface area contributed by atoms with Crippen LogP contribution in [0.2, 0.25) is 0 Å². The monoisotopic (exact) mass is 433 g/mol.